The van der Waals surface area contributed by atoms with Crippen LogP contribution in [0.5, 0.6) is 0 Å². The fourth-order valence-corrected chi connectivity index (χ4v) is 3.42. The van der Waals surface area contributed by atoms with Gasteiger partial charge < -0.3 is 10.1 Å². The fourth-order valence-electron chi connectivity index (χ4n) is 3.42. The van der Waals surface area contributed by atoms with Crippen LogP contribution in [-0.4, -0.2) is 24.8 Å². The first-order chi connectivity index (χ1) is 9.78. The molecule has 2 fully saturated rings. The van der Waals surface area contributed by atoms with E-state index in [4.69, 9.17) is 4.74 Å². The molecule has 0 unspecified atom stereocenters. The highest BCUT2D eigenvalue weighted by Crippen LogP contribution is 2.36. The van der Waals surface area contributed by atoms with Crippen molar-refractivity contribution in [3.63, 3.8) is 0 Å². The molecule has 2 heteroatoms. The highest BCUT2D eigenvalue weighted by molar-refractivity contribution is 4.92. The second kappa shape index (κ2) is 8.38. The van der Waals surface area contributed by atoms with Crippen molar-refractivity contribution in [2.75, 3.05) is 13.2 Å². The van der Waals surface area contributed by atoms with Gasteiger partial charge in [0.25, 0.3) is 0 Å². The molecule has 0 atom stereocenters. The third kappa shape index (κ3) is 5.37. The highest BCUT2D eigenvalue weighted by Gasteiger charge is 2.37. The van der Waals surface area contributed by atoms with E-state index in [1.807, 2.05) is 0 Å². The Labute approximate surface area is 126 Å². The summed E-state index contributed by atoms with van der Waals surface area (Å²) >= 11 is 0. The van der Waals surface area contributed by atoms with Gasteiger partial charge in [-0.15, -0.1) is 0 Å². The maximum Gasteiger partial charge on any atom is 0.0806 e. The third-order valence-electron chi connectivity index (χ3n) is 5.29. The smallest absolute Gasteiger partial charge is 0.0806 e. The second-order valence-corrected chi connectivity index (χ2v) is 7.10. The summed E-state index contributed by atoms with van der Waals surface area (Å²) in [6, 6.07) is 0.805. The minimum Gasteiger partial charge on any atom is -0.374 e. The van der Waals surface area contributed by atoms with Crippen LogP contribution in [0.4, 0.5) is 0 Å². The fraction of sp³-hybridized carbons (Fsp3) is 1.00. The molecule has 20 heavy (non-hydrogen) atoms. The maximum atomic E-state index is 6.43. The quantitative estimate of drug-likeness (QED) is 0.587. The monoisotopic (exact) mass is 281 g/mol. The average Bonchev–Trinajstić information content (AvgIpc) is 3.30. The van der Waals surface area contributed by atoms with Gasteiger partial charge in [-0.3, -0.25) is 0 Å². The van der Waals surface area contributed by atoms with Crippen LogP contribution in [0.2, 0.25) is 0 Å². The normalized spacial score (nSPS) is 30.6. The Morgan fingerprint density at radius 1 is 1.00 bits per heavy atom. The lowest BCUT2D eigenvalue weighted by Gasteiger charge is -2.40. The van der Waals surface area contributed by atoms with Gasteiger partial charge in [-0.25, -0.2) is 0 Å². The molecule has 0 saturated heterocycles. The minimum absolute atomic E-state index is 0.167. The lowest BCUT2D eigenvalue weighted by atomic mass is 9.77. The Morgan fingerprint density at radius 3 is 2.35 bits per heavy atom. The molecule has 0 aromatic rings. The van der Waals surface area contributed by atoms with Crippen molar-refractivity contribution in [3.05, 3.63) is 0 Å². The predicted molar refractivity (Wildman–Crippen MR) is 86.1 cm³/mol. The van der Waals surface area contributed by atoms with Crippen LogP contribution in [0.1, 0.15) is 84.5 Å². The van der Waals surface area contributed by atoms with E-state index in [9.17, 15) is 0 Å². The Bertz CT molecular complexity index is 254. The van der Waals surface area contributed by atoms with Gasteiger partial charge in [0.2, 0.25) is 0 Å². The zero-order valence-electron chi connectivity index (χ0n) is 13.8. The number of hydrogen-bond donors (Lipinski definition) is 1. The molecular formula is C18H35NO. The van der Waals surface area contributed by atoms with Gasteiger partial charge in [0.05, 0.1) is 5.60 Å². The van der Waals surface area contributed by atoms with Crippen LogP contribution >= 0.6 is 0 Å². The summed E-state index contributed by atoms with van der Waals surface area (Å²) in [5.74, 6) is 0.952. The van der Waals surface area contributed by atoms with E-state index in [-0.39, 0.29) is 5.60 Å². The highest BCUT2D eigenvalue weighted by atomic mass is 16.5. The lowest BCUT2D eigenvalue weighted by molar-refractivity contribution is -0.0779. The van der Waals surface area contributed by atoms with Crippen LogP contribution in [0.15, 0.2) is 0 Å². The van der Waals surface area contributed by atoms with Crippen molar-refractivity contribution in [1.82, 2.24) is 5.32 Å². The Hall–Kier alpha value is -0.0800. The van der Waals surface area contributed by atoms with Gasteiger partial charge in [-0.1, -0.05) is 39.5 Å². The van der Waals surface area contributed by atoms with E-state index >= 15 is 0 Å². The molecule has 118 valence electrons. The first kappa shape index (κ1) is 16.3. The van der Waals surface area contributed by atoms with Gasteiger partial charge in [-0.2, -0.15) is 0 Å². The van der Waals surface area contributed by atoms with Gasteiger partial charge >= 0.3 is 0 Å². The van der Waals surface area contributed by atoms with Crippen LogP contribution in [0.25, 0.3) is 0 Å². The molecule has 0 bridgehead atoms. The van der Waals surface area contributed by atoms with Gasteiger partial charge in [0.15, 0.2) is 0 Å². The summed E-state index contributed by atoms with van der Waals surface area (Å²) in [4.78, 5) is 0. The molecule has 2 rings (SSSR count). The van der Waals surface area contributed by atoms with Crippen LogP contribution in [0, 0.1) is 5.92 Å². The van der Waals surface area contributed by atoms with E-state index in [2.05, 4.69) is 19.2 Å². The third-order valence-corrected chi connectivity index (χ3v) is 5.29. The zero-order valence-corrected chi connectivity index (χ0v) is 13.8. The maximum absolute atomic E-state index is 6.43. The first-order valence-electron chi connectivity index (χ1n) is 9.15. The number of nitrogens with one attached hydrogen (secondary N) is 1. The summed E-state index contributed by atoms with van der Waals surface area (Å²) in [6.45, 7) is 6.69. The zero-order chi connectivity index (χ0) is 14.3. The summed E-state index contributed by atoms with van der Waals surface area (Å²) in [5.41, 5.74) is 0.167. The molecule has 0 radical (unpaired) electrons. The summed E-state index contributed by atoms with van der Waals surface area (Å²) in [7, 11) is 0. The predicted octanol–water partition coefficient (Wildman–Crippen LogP) is 4.67. The lowest BCUT2D eigenvalue weighted by Crippen LogP contribution is -2.46. The molecule has 0 amide bonds. The number of ether oxygens (including phenoxy) is 1. The minimum atomic E-state index is 0.167. The van der Waals surface area contributed by atoms with Crippen molar-refractivity contribution in [1.29, 1.82) is 0 Å². The summed E-state index contributed by atoms with van der Waals surface area (Å²) in [6.07, 6.45) is 14.7. The van der Waals surface area contributed by atoms with Gasteiger partial charge in [0.1, 0.15) is 0 Å². The van der Waals surface area contributed by atoms with E-state index in [1.54, 1.807) is 0 Å². The SMILES string of the molecule is CCCCCCOC1(CNC2CC2)CCC(CC)CC1. The number of hydrogen-bond acceptors (Lipinski definition) is 2. The molecule has 2 nitrogen and oxygen atoms in total. The van der Waals surface area contributed by atoms with E-state index < -0.39 is 0 Å². The first-order valence-corrected chi connectivity index (χ1v) is 9.15. The Morgan fingerprint density at radius 2 is 1.75 bits per heavy atom. The van der Waals surface area contributed by atoms with Crippen LogP contribution in [0.3, 0.4) is 0 Å². The van der Waals surface area contributed by atoms with Gasteiger partial charge in [-0.05, 0) is 50.9 Å². The standard InChI is InChI=1S/C18H35NO/c1-3-5-6-7-14-20-18(15-19-17-8-9-17)12-10-16(4-2)11-13-18/h16-17,19H,3-15H2,1-2H3. The molecule has 0 aliphatic heterocycles. The summed E-state index contributed by atoms with van der Waals surface area (Å²) in [5, 5.41) is 3.73. The van der Waals surface area contributed by atoms with Crippen LogP contribution < -0.4 is 5.32 Å². The number of rotatable bonds is 10. The van der Waals surface area contributed by atoms with E-state index in [1.165, 1.54) is 70.6 Å². The molecular weight excluding hydrogens is 246 g/mol. The van der Waals surface area contributed by atoms with Gasteiger partial charge in [0, 0.05) is 19.2 Å². The topological polar surface area (TPSA) is 21.3 Å². The molecule has 0 aromatic heterocycles. The Balaban J connectivity index is 1.73. The van der Waals surface area contributed by atoms with Crippen molar-refractivity contribution >= 4 is 0 Å². The van der Waals surface area contributed by atoms with Crippen LogP contribution in [-0.2, 0) is 4.74 Å². The van der Waals surface area contributed by atoms with Crippen molar-refractivity contribution in [3.8, 4) is 0 Å². The Kier molecular flexibility index (Phi) is 6.83. The summed E-state index contributed by atoms with van der Waals surface area (Å²) < 4.78 is 6.43. The molecule has 2 aliphatic rings. The molecule has 1 N–H and O–H groups in total. The molecule has 2 saturated carbocycles. The van der Waals surface area contributed by atoms with Crippen molar-refractivity contribution in [2.24, 2.45) is 5.92 Å². The molecule has 0 aromatic carbocycles. The van der Waals surface area contributed by atoms with Crippen molar-refractivity contribution in [2.45, 2.75) is 96.1 Å². The van der Waals surface area contributed by atoms with E-state index in [0.717, 1.165) is 25.1 Å². The molecule has 0 spiro atoms. The van der Waals surface area contributed by atoms with E-state index in [0.29, 0.717) is 0 Å². The number of unbranched alkanes of at least 4 members (excludes halogenated alkanes) is 3. The largest absolute Gasteiger partial charge is 0.374 e. The average molecular weight is 281 g/mol. The molecule has 2 aliphatic carbocycles. The second-order valence-electron chi connectivity index (χ2n) is 7.10. The molecule has 0 heterocycles. The van der Waals surface area contributed by atoms with Crippen molar-refractivity contribution < 1.29 is 4.74 Å².